The SMILES string of the molecule is CCCCC1=CCC(C)=[C]1[Zr]([C]1=C(C)CC=C1CCCC)[SiH](C)C. The van der Waals surface area contributed by atoms with Crippen molar-refractivity contribution >= 4 is 5.92 Å². The molecule has 0 aromatic heterocycles. The van der Waals surface area contributed by atoms with Gasteiger partial charge >= 0.3 is 160 Å². The van der Waals surface area contributed by atoms with E-state index in [9.17, 15) is 0 Å². The Morgan fingerprint density at radius 1 is 0.833 bits per heavy atom. The van der Waals surface area contributed by atoms with Crippen molar-refractivity contribution < 1.29 is 20.9 Å². The Bertz CT molecular complexity index is 527. The van der Waals surface area contributed by atoms with E-state index in [1.807, 2.05) is 6.56 Å². The van der Waals surface area contributed by atoms with Crippen molar-refractivity contribution in [2.75, 3.05) is 0 Å². The Hall–Kier alpha value is 0.0600. The molecular formula is C22H37SiZr. The number of rotatable bonds is 9. The van der Waals surface area contributed by atoms with E-state index in [1.165, 1.54) is 51.4 Å². The molecular weight excluding hydrogens is 384 g/mol. The van der Waals surface area contributed by atoms with Crippen LogP contribution in [0, 0.1) is 0 Å². The van der Waals surface area contributed by atoms with Gasteiger partial charge in [-0.15, -0.1) is 0 Å². The number of allylic oxidation sites excluding steroid dienone is 8. The van der Waals surface area contributed by atoms with Crippen LogP contribution >= 0.6 is 0 Å². The Morgan fingerprint density at radius 3 is 1.58 bits per heavy atom. The summed E-state index contributed by atoms with van der Waals surface area (Å²) >= 11 is -1.68. The van der Waals surface area contributed by atoms with Gasteiger partial charge in [0.25, 0.3) is 0 Å². The average Bonchev–Trinajstić information content (AvgIpc) is 3.08. The van der Waals surface area contributed by atoms with Crippen LogP contribution in [-0.2, 0) is 20.9 Å². The fourth-order valence-corrected chi connectivity index (χ4v) is 25.2. The molecule has 2 aliphatic rings. The van der Waals surface area contributed by atoms with Gasteiger partial charge < -0.3 is 0 Å². The van der Waals surface area contributed by atoms with Gasteiger partial charge in [-0.1, -0.05) is 0 Å². The van der Waals surface area contributed by atoms with Gasteiger partial charge in [0.15, 0.2) is 0 Å². The zero-order chi connectivity index (χ0) is 17.7. The van der Waals surface area contributed by atoms with Gasteiger partial charge in [-0.3, -0.25) is 0 Å². The Morgan fingerprint density at radius 2 is 1.25 bits per heavy atom. The van der Waals surface area contributed by atoms with Crippen LogP contribution in [0.25, 0.3) is 0 Å². The molecule has 2 rings (SSSR count). The number of unbranched alkanes of at least 4 members (excludes halogenated alkanes) is 2. The van der Waals surface area contributed by atoms with E-state index in [1.54, 1.807) is 22.3 Å². The molecule has 0 bridgehead atoms. The second-order valence-corrected chi connectivity index (χ2v) is 26.7. The monoisotopic (exact) mass is 419 g/mol. The Labute approximate surface area is 159 Å². The summed E-state index contributed by atoms with van der Waals surface area (Å²) in [6.45, 7) is 14.9. The quantitative estimate of drug-likeness (QED) is 0.347. The van der Waals surface area contributed by atoms with Crippen molar-refractivity contribution in [3.8, 4) is 0 Å². The fourth-order valence-electron chi connectivity index (χ4n) is 4.21. The third kappa shape index (κ3) is 4.61. The zero-order valence-corrected chi connectivity index (χ0v) is 20.5. The summed E-state index contributed by atoms with van der Waals surface area (Å²) in [5, 5.41) is 0. The van der Waals surface area contributed by atoms with Crippen molar-refractivity contribution in [2.45, 2.75) is 92.2 Å². The molecule has 2 heteroatoms. The Kier molecular flexibility index (Phi) is 8.21. The average molecular weight is 421 g/mol. The fraction of sp³-hybridized carbons (Fsp3) is 0.636. The van der Waals surface area contributed by atoms with E-state index in [2.05, 4.69) is 52.9 Å². The van der Waals surface area contributed by atoms with Gasteiger partial charge in [0, 0.05) is 0 Å². The summed E-state index contributed by atoms with van der Waals surface area (Å²) in [6, 6.07) is 0. The van der Waals surface area contributed by atoms with Crippen LogP contribution in [0.3, 0.4) is 0 Å². The molecule has 0 aromatic carbocycles. The van der Waals surface area contributed by atoms with E-state index >= 15 is 0 Å². The van der Waals surface area contributed by atoms with Crippen molar-refractivity contribution in [3.05, 3.63) is 41.0 Å². The van der Waals surface area contributed by atoms with Gasteiger partial charge in [-0.25, -0.2) is 0 Å². The van der Waals surface area contributed by atoms with Crippen LogP contribution in [0.15, 0.2) is 41.0 Å². The van der Waals surface area contributed by atoms with Gasteiger partial charge in [0.2, 0.25) is 0 Å². The predicted octanol–water partition coefficient (Wildman–Crippen LogP) is 7.18. The zero-order valence-electron chi connectivity index (χ0n) is 16.9. The van der Waals surface area contributed by atoms with Crippen LogP contribution in [0.4, 0.5) is 0 Å². The summed E-state index contributed by atoms with van der Waals surface area (Å²) in [5.41, 5.74) is 7.07. The van der Waals surface area contributed by atoms with E-state index < -0.39 is 26.8 Å². The maximum atomic E-state index is 2.65. The van der Waals surface area contributed by atoms with Crippen molar-refractivity contribution in [1.82, 2.24) is 0 Å². The first-order valence-electron chi connectivity index (χ1n) is 10.2. The standard InChI is InChI=1S/2C10H15.C2H7Si.Zr/c2*1-3-4-5-10-7-6-9(2)8-10;1-3-2;/h2*7H,3-6H2,1-2H3;3H,1-2H3;. The van der Waals surface area contributed by atoms with E-state index in [0.29, 0.717) is 0 Å². The summed E-state index contributed by atoms with van der Waals surface area (Å²) in [5.74, 6) is -0.614. The molecule has 0 spiro atoms. The summed E-state index contributed by atoms with van der Waals surface area (Å²) in [4.78, 5) is 0. The van der Waals surface area contributed by atoms with E-state index in [4.69, 9.17) is 0 Å². The molecule has 0 unspecified atom stereocenters. The van der Waals surface area contributed by atoms with Crippen LogP contribution in [-0.4, -0.2) is 5.92 Å². The van der Waals surface area contributed by atoms with Gasteiger partial charge in [0.05, 0.1) is 0 Å². The van der Waals surface area contributed by atoms with Gasteiger partial charge in [-0.05, 0) is 0 Å². The van der Waals surface area contributed by atoms with E-state index in [0.717, 1.165) is 0 Å². The van der Waals surface area contributed by atoms with Crippen LogP contribution < -0.4 is 0 Å². The summed E-state index contributed by atoms with van der Waals surface area (Å²) in [6.07, 6.45) is 15.8. The predicted molar refractivity (Wildman–Crippen MR) is 109 cm³/mol. The third-order valence-electron chi connectivity index (χ3n) is 5.52. The minimum absolute atomic E-state index is 0.614. The van der Waals surface area contributed by atoms with Crippen LogP contribution in [0.1, 0.15) is 79.1 Å². The molecule has 0 amide bonds. The number of hydrogen-bond donors (Lipinski definition) is 0. The molecule has 0 fully saturated rings. The molecule has 0 heterocycles. The molecule has 0 nitrogen and oxygen atoms in total. The molecule has 0 saturated heterocycles. The normalized spacial score (nSPS) is 18.0. The minimum atomic E-state index is -1.68. The van der Waals surface area contributed by atoms with Gasteiger partial charge in [-0.2, -0.15) is 0 Å². The molecule has 2 aliphatic carbocycles. The Balaban J connectivity index is 2.35. The first kappa shape index (κ1) is 20.4. The molecule has 133 valence electrons. The first-order valence-corrected chi connectivity index (χ1v) is 19.8. The maximum absolute atomic E-state index is 2.65. The topological polar surface area (TPSA) is 0 Å². The molecule has 0 saturated carbocycles. The second kappa shape index (κ2) is 9.67. The van der Waals surface area contributed by atoms with Crippen molar-refractivity contribution in [1.29, 1.82) is 0 Å². The van der Waals surface area contributed by atoms with Crippen LogP contribution in [0.2, 0.25) is 13.1 Å². The molecule has 0 N–H and O–H groups in total. The van der Waals surface area contributed by atoms with Crippen LogP contribution in [0.5, 0.6) is 0 Å². The van der Waals surface area contributed by atoms with E-state index in [-0.39, 0.29) is 0 Å². The second-order valence-electron chi connectivity index (χ2n) is 7.95. The summed E-state index contributed by atoms with van der Waals surface area (Å²) < 4.78 is 3.93. The molecule has 0 aliphatic heterocycles. The first-order chi connectivity index (χ1) is 11.5. The number of hydrogen-bond acceptors (Lipinski definition) is 0. The van der Waals surface area contributed by atoms with Gasteiger partial charge in [0.1, 0.15) is 0 Å². The van der Waals surface area contributed by atoms with Crippen molar-refractivity contribution in [2.24, 2.45) is 0 Å². The third-order valence-corrected chi connectivity index (χ3v) is 24.9. The molecule has 0 aromatic rings. The molecule has 0 atom stereocenters. The van der Waals surface area contributed by atoms with Crippen molar-refractivity contribution in [3.63, 3.8) is 0 Å². The molecule has 0 radical (unpaired) electrons. The molecule has 24 heavy (non-hydrogen) atoms. The summed E-state index contributed by atoms with van der Waals surface area (Å²) in [7, 11) is 0.